The molecule has 0 unspecified atom stereocenters. The number of methoxy groups -OCH3 is 1. The molecular weight excluding hydrogens is 272 g/mol. The van der Waals surface area contributed by atoms with Gasteiger partial charge in [0.2, 0.25) is 0 Å². The summed E-state index contributed by atoms with van der Waals surface area (Å²) < 4.78 is 6.15. The first-order valence-corrected chi connectivity index (χ1v) is 5.72. The Morgan fingerprint density at radius 3 is 2.25 bits per heavy atom. The Morgan fingerprint density at radius 2 is 1.81 bits per heavy atom. The molecule has 0 saturated carbocycles. The highest BCUT2D eigenvalue weighted by Crippen LogP contribution is 2.36. The molecule has 0 fully saturated rings. The Labute approximate surface area is 104 Å². The fourth-order valence-electron chi connectivity index (χ4n) is 1.75. The highest BCUT2D eigenvalue weighted by atomic mass is 79.9. The van der Waals surface area contributed by atoms with Crippen molar-refractivity contribution in [2.24, 2.45) is 0 Å². The number of aliphatic hydroxyl groups excluding tert-OH is 1. The highest BCUT2D eigenvalue weighted by molar-refractivity contribution is 9.10. The van der Waals surface area contributed by atoms with Crippen molar-refractivity contribution in [1.82, 2.24) is 0 Å². The van der Waals surface area contributed by atoms with Crippen LogP contribution in [0.5, 0.6) is 5.75 Å². The SMILES string of the molecule is COc1c(C)c(C)c(Br)c(C)c1C(=O)CO. The lowest BCUT2D eigenvalue weighted by Gasteiger charge is -2.17. The number of ether oxygens (including phenoxy) is 1. The van der Waals surface area contributed by atoms with Gasteiger partial charge in [-0.1, -0.05) is 15.9 Å². The third-order valence-electron chi connectivity index (χ3n) is 2.79. The maximum Gasteiger partial charge on any atom is 0.192 e. The van der Waals surface area contributed by atoms with E-state index in [1.807, 2.05) is 20.8 Å². The summed E-state index contributed by atoms with van der Waals surface area (Å²) in [5.74, 6) is 0.232. The summed E-state index contributed by atoms with van der Waals surface area (Å²) in [5, 5.41) is 8.96. The lowest BCUT2D eigenvalue weighted by Crippen LogP contribution is -2.11. The first-order valence-electron chi connectivity index (χ1n) is 4.93. The Hall–Kier alpha value is -0.870. The quantitative estimate of drug-likeness (QED) is 0.869. The zero-order valence-electron chi connectivity index (χ0n) is 9.85. The summed E-state index contributed by atoms with van der Waals surface area (Å²) in [6.45, 7) is 5.18. The molecule has 0 saturated heterocycles. The summed E-state index contributed by atoms with van der Waals surface area (Å²) in [4.78, 5) is 11.7. The van der Waals surface area contributed by atoms with Crippen LogP contribution in [-0.2, 0) is 0 Å². The number of halogens is 1. The van der Waals surface area contributed by atoms with Crippen LogP contribution in [0.4, 0.5) is 0 Å². The second kappa shape index (κ2) is 4.97. The van der Waals surface area contributed by atoms with Crippen molar-refractivity contribution < 1.29 is 14.6 Å². The number of hydrogen-bond donors (Lipinski definition) is 1. The van der Waals surface area contributed by atoms with E-state index in [1.165, 1.54) is 7.11 Å². The van der Waals surface area contributed by atoms with Crippen molar-refractivity contribution in [3.8, 4) is 5.75 Å². The predicted molar refractivity (Wildman–Crippen MR) is 66.3 cm³/mol. The van der Waals surface area contributed by atoms with Crippen LogP contribution in [0, 0.1) is 20.8 Å². The zero-order chi connectivity index (χ0) is 12.5. The minimum atomic E-state index is -0.508. The Balaban J connectivity index is 3.64. The first kappa shape index (κ1) is 13.2. The van der Waals surface area contributed by atoms with E-state index in [0.29, 0.717) is 11.3 Å². The minimum absolute atomic E-state index is 0.321. The van der Waals surface area contributed by atoms with Crippen LogP contribution in [0.1, 0.15) is 27.0 Å². The Kier molecular flexibility index (Phi) is 4.10. The summed E-state index contributed by atoms with van der Waals surface area (Å²) in [7, 11) is 1.53. The second-order valence-corrected chi connectivity index (χ2v) is 4.47. The van der Waals surface area contributed by atoms with Gasteiger partial charge in [0, 0.05) is 4.47 Å². The van der Waals surface area contributed by atoms with Crippen LogP contribution in [-0.4, -0.2) is 24.6 Å². The molecule has 0 aliphatic carbocycles. The third kappa shape index (κ3) is 1.99. The molecule has 1 rings (SSSR count). The molecule has 0 amide bonds. The van der Waals surface area contributed by atoms with Crippen molar-refractivity contribution in [2.75, 3.05) is 13.7 Å². The van der Waals surface area contributed by atoms with E-state index in [2.05, 4.69) is 15.9 Å². The van der Waals surface area contributed by atoms with Gasteiger partial charge in [-0.2, -0.15) is 0 Å². The molecule has 0 radical (unpaired) electrons. The molecule has 0 aliphatic rings. The second-order valence-electron chi connectivity index (χ2n) is 3.68. The van der Waals surface area contributed by atoms with Crippen molar-refractivity contribution >= 4 is 21.7 Å². The molecule has 4 heteroatoms. The molecular formula is C12H15BrO3. The predicted octanol–water partition coefficient (Wildman–Crippen LogP) is 2.56. The zero-order valence-corrected chi connectivity index (χ0v) is 11.4. The van der Waals surface area contributed by atoms with Gasteiger partial charge in [-0.3, -0.25) is 4.79 Å². The molecule has 1 aromatic rings. The Morgan fingerprint density at radius 1 is 1.25 bits per heavy atom. The monoisotopic (exact) mass is 286 g/mol. The number of carbonyl (C=O) groups is 1. The van der Waals surface area contributed by atoms with Crippen LogP contribution in [0.3, 0.4) is 0 Å². The summed E-state index contributed by atoms with van der Waals surface area (Å²) in [6.07, 6.45) is 0. The highest BCUT2D eigenvalue weighted by Gasteiger charge is 2.21. The molecule has 3 nitrogen and oxygen atoms in total. The van der Waals surface area contributed by atoms with Crippen molar-refractivity contribution in [1.29, 1.82) is 0 Å². The van der Waals surface area contributed by atoms with E-state index in [0.717, 1.165) is 21.2 Å². The Bertz CT molecular complexity index is 439. The van der Waals surface area contributed by atoms with Crippen LogP contribution < -0.4 is 4.74 Å². The molecule has 0 spiro atoms. The summed E-state index contributed by atoms with van der Waals surface area (Å²) in [5.41, 5.74) is 3.22. The van der Waals surface area contributed by atoms with E-state index in [1.54, 1.807) is 0 Å². The smallest absolute Gasteiger partial charge is 0.192 e. The molecule has 16 heavy (non-hydrogen) atoms. The maximum atomic E-state index is 11.7. The average molecular weight is 287 g/mol. The number of Topliss-reactive ketones (excluding diaryl/α,β-unsaturated/α-hetero) is 1. The van der Waals surface area contributed by atoms with Gasteiger partial charge in [0.05, 0.1) is 12.7 Å². The lowest BCUT2D eigenvalue weighted by atomic mass is 9.96. The van der Waals surface area contributed by atoms with Crippen LogP contribution >= 0.6 is 15.9 Å². The van der Waals surface area contributed by atoms with Gasteiger partial charge in [0.25, 0.3) is 0 Å². The number of ketones is 1. The fourth-order valence-corrected chi connectivity index (χ4v) is 2.25. The van der Waals surface area contributed by atoms with E-state index < -0.39 is 6.61 Å². The number of carbonyl (C=O) groups excluding carboxylic acids is 1. The van der Waals surface area contributed by atoms with Gasteiger partial charge in [-0.15, -0.1) is 0 Å². The van der Waals surface area contributed by atoms with Crippen molar-refractivity contribution in [3.63, 3.8) is 0 Å². The van der Waals surface area contributed by atoms with Crippen LogP contribution in [0.2, 0.25) is 0 Å². The number of hydrogen-bond acceptors (Lipinski definition) is 3. The largest absolute Gasteiger partial charge is 0.496 e. The van der Waals surface area contributed by atoms with Crippen molar-refractivity contribution in [3.05, 3.63) is 26.7 Å². The van der Waals surface area contributed by atoms with E-state index >= 15 is 0 Å². The van der Waals surface area contributed by atoms with Gasteiger partial charge in [0.15, 0.2) is 5.78 Å². The van der Waals surface area contributed by atoms with Gasteiger partial charge < -0.3 is 9.84 Å². The normalized spacial score (nSPS) is 10.4. The standard InChI is InChI=1S/C12H15BrO3/c1-6-7(2)12(16-4)10(9(15)5-14)8(3)11(6)13/h14H,5H2,1-4H3. The molecule has 88 valence electrons. The molecule has 0 atom stereocenters. The van der Waals surface area contributed by atoms with E-state index in [4.69, 9.17) is 9.84 Å². The molecule has 0 aromatic heterocycles. The number of aliphatic hydroxyl groups is 1. The fraction of sp³-hybridized carbons (Fsp3) is 0.417. The van der Waals surface area contributed by atoms with Gasteiger partial charge in [-0.25, -0.2) is 0 Å². The van der Waals surface area contributed by atoms with Crippen LogP contribution in [0.25, 0.3) is 0 Å². The lowest BCUT2D eigenvalue weighted by molar-refractivity contribution is 0.0899. The molecule has 0 aliphatic heterocycles. The van der Waals surface area contributed by atoms with E-state index in [-0.39, 0.29) is 5.78 Å². The maximum absolute atomic E-state index is 11.7. The topological polar surface area (TPSA) is 46.5 Å². The molecule has 0 heterocycles. The summed E-state index contributed by atoms with van der Waals surface area (Å²) >= 11 is 3.45. The van der Waals surface area contributed by atoms with Gasteiger partial charge >= 0.3 is 0 Å². The van der Waals surface area contributed by atoms with Crippen LogP contribution in [0.15, 0.2) is 4.47 Å². The molecule has 0 bridgehead atoms. The third-order valence-corrected chi connectivity index (χ3v) is 3.98. The summed E-state index contributed by atoms with van der Waals surface area (Å²) in [6, 6.07) is 0. The minimum Gasteiger partial charge on any atom is -0.496 e. The van der Waals surface area contributed by atoms with E-state index in [9.17, 15) is 4.79 Å². The average Bonchev–Trinajstić information content (AvgIpc) is 2.29. The molecule has 1 N–H and O–H groups in total. The van der Waals surface area contributed by atoms with Gasteiger partial charge in [0.1, 0.15) is 12.4 Å². The van der Waals surface area contributed by atoms with Gasteiger partial charge in [-0.05, 0) is 37.5 Å². The number of benzene rings is 1. The van der Waals surface area contributed by atoms with Crippen molar-refractivity contribution in [2.45, 2.75) is 20.8 Å². The molecule has 1 aromatic carbocycles. The first-order chi connectivity index (χ1) is 7.45. The number of rotatable bonds is 3.